The number of carbonyl (C=O) groups is 1. The summed E-state index contributed by atoms with van der Waals surface area (Å²) >= 11 is 12.0. The van der Waals surface area contributed by atoms with Crippen LogP contribution in [0.25, 0.3) is 11.3 Å². The molecule has 2 heterocycles. The minimum absolute atomic E-state index is 0.146. The number of aromatic amines is 1. The molecule has 9 nitrogen and oxygen atoms in total. The van der Waals surface area contributed by atoms with Crippen molar-refractivity contribution in [3.05, 3.63) is 92.8 Å². The van der Waals surface area contributed by atoms with E-state index >= 15 is 0 Å². The molecule has 32 heavy (non-hydrogen) atoms. The average molecular weight is 470 g/mol. The number of carbonyl (C=O) groups excluding carboxylic acids is 1. The van der Waals surface area contributed by atoms with E-state index in [1.807, 2.05) is 0 Å². The van der Waals surface area contributed by atoms with E-state index in [2.05, 4.69) is 20.5 Å². The highest BCUT2D eigenvalue weighted by Gasteiger charge is 2.16. The highest BCUT2D eigenvalue weighted by molar-refractivity contribution is 6.42. The maximum absolute atomic E-state index is 12.7. The van der Waals surface area contributed by atoms with E-state index < -0.39 is 10.8 Å². The van der Waals surface area contributed by atoms with Gasteiger partial charge in [0.25, 0.3) is 11.6 Å². The molecule has 4 rings (SSSR count). The first-order valence-corrected chi connectivity index (χ1v) is 9.84. The van der Waals surface area contributed by atoms with E-state index in [9.17, 15) is 14.9 Å². The number of amides is 1. The summed E-state index contributed by atoms with van der Waals surface area (Å²) in [6.45, 7) is 0. The van der Waals surface area contributed by atoms with Crippen molar-refractivity contribution in [1.29, 1.82) is 0 Å². The Kier molecular flexibility index (Phi) is 6.02. The van der Waals surface area contributed by atoms with Crippen LogP contribution in [0, 0.1) is 10.1 Å². The smallest absolute Gasteiger partial charge is 0.275 e. The summed E-state index contributed by atoms with van der Waals surface area (Å²) < 4.78 is 5.62. The molecule has 160 valence electrons. The summed E-state index contributed by atoms with van der Waals surface area (Å²) in [6, 6.07) is 13.8. The third kappa shape index (κ3) is 4.85. The van der Waals surface area contributed by atoms with Gasteiger partial charge in [-0.05, 0) is 30.3 Å². The number of nitro groups is 1. The lowest BCUT2D eigenvalue weighted by Gasteiger charge is -2.08. The molecular formula is C21H13Cl2N5O4. The molecule has 1 amide bonds. The number of anilines is 1. The number of non-ortho nitro benzene ring substituents is 1. The fourth-order valence-corrected chi connectivity index (χ4v) is 3.10. The lowest BCUT2D eigenvalue weighted by atomic mass is 10.1. The van der Waals surface area contributed by atoms with E-state index in [0.717, 1.165) is 0 Å². The van der Waals surface area contributed by atoms with Crippen LogP contribution in [0.15, 0.2) is 67.0 Å². The van der Waals surface area contributed by atoms with Gasteiger partial charge in [0.15, 0.2) is 0 Å². The molecule has 0 spiro atoms. The molecule has 0 aliphatic heterocycles. The van der Waals surface area contributed by atoms with Crippen LogP contribution in [0.5, 0.6) is 11.5 Å². The molecule has 0 aliphatic rings. The van der Waals surface area contributed by atoms with Crippen LogP contribution in [0.2, 0.25) is 10.0 Å². The molecule has 0 fully saturated rings. The summed E-state index contributed by atoms with van der Waals surface area (Å²) in [4.78, 5) is 27.3. The number of H-pyrrole nitrogens is 1. The van der Waals surface area contributed by atoms with Gasteiger partial charge in [0.2, 0.25) is 0 Å². The van der Waals surface area contributed by atoms with E-state index in [4.69, 9.17) is 27.9 Å². The van der Waals surface area contributed by atoms with E-state index in [0.29, 0.717) is 27.1 Å². The van der Waals surface area contributed by atoms with Crippen molar-refractivity contribution in [2.75, 3.05) is 5.32 Å². The van der Waals surface area contributed by atoms with Crippen molar-refractivity contribution in [3.63, 3.8) is 0 Å². The number of benzene rings is 2. The zero-order valence-electron chi connectivity index (χ0n) is 16.1. The van der Waals surface area contributed by atoms with Crippen LogP contribution in [0.3, 0.4) is 0 Å². The zero-order valence-corrected chi connectivity index (χ0v) is 17.6. The maximum atomic E-state index is 12.7. The summed E-state index contributed by atoms with van der Waals surface area (Å²) in [6.07, 6.45) is 3.04. The Bertz CT molecular complexity index is 1310. The monoisotopic (exact) mass is 469 g/mol. The number of ether oxygens (including phenoxy) is 1. The highest BCUT2D eigenvalue weighted by atomic mass is 35.5. The predicted octanol–water partition coefficient (Wildman–Crippen LogP) is 5.73. The van der Waals surface area contributed by atoms with Gasteiger partial charge in [-0.3, -0.25) is 25.0 Å². The van der Waals surface area contributed by atoms with E-state index in [1.54, 1.807) is 36.5 Å². The molecule has 0 bridgehead atoms. The number of nitrogens with one attached hydrogen (secondary N) is 2. The Morgan fingerprint density at radius 3 is 2.62 bits per heavy atom. The summed E-state index contributed by atoms with van der Waals surface area (Å²) in [5, 5.41) is 21.4. The second kappa shape index (κ2) is 9.04. The lowest BCUT2D eigenvalue weighted by Crippen LogP contribution is -2.12. The Balaban J connectivity index is 1.56. The maximum Gasteiger partial charge on any atom is 0.275 e. The number of halogens is 2. The molecule has 0 aliphatic carbocycles. The van der Waals surface area contributed by atoms with Crippen molar-refractivity contribution in [2.24, 2.45) is 0 Å². The number of rotatable bonds is 6. The van der Waals surface area contributed by atoms with Crippen molar-refractivity contribution in [1.82, 2.24) is 15.2 Å². The van der Waals surface area contributed by atoms with Crippen LogP contribution in [0.4, 0.5) is 11.4 Å². The molecule has 11 heteroatoms. The Morgan fingerprint density at radius 1 is 1.06 bits per heavy atom. The van der Waals surface area contributed by atoms with Crippen molar-refractivity contribution < 1.29 is 14.5 Å². The van der Waals surface area contributed by atoms with Gasteiger partial charge in [0, 0.05) is 23.9 Å². The Hall–Kier alpha value is -3.95. The fraction of sp³-hybridized carbons (Fsp3) is 0. The van der Waals surface area contributed by atoms with Gasteiger partial charge in [-0.1, -0.05) is 29.3 Å². The van der Waals surface area contributed by atoms with Gasteiger partial charge in [0.1, 0.15) is 17.2 Å². The number of hydrogen-bond donors (Lipinski definition) is 2. The first kappa shape index (κ1) is 21.3. The third-order valence-electron chi connectivity index (χ3n) is 4.27. The molecule has 0 saturated carbocycles. The summed E-state index contributed by atoms with van der Waals surface area (Å²) in [7, 11) is 0. The quantitative estimate of drug-likeness (QED) is 0.274. The number of pyridine rings is 1. The predicted molar refractivity (Wildman–Crippen MR) is 119 cm³/mol. The second-order valence-electron chi connectivity index (χ2n) is 6.51. The minimum Gasteiger partial charge on any atom is -0.455 e. The van der Waals surface area contributed by atoms with Gasteiger partial charge in [0.05, 0.1) is 38.6 Å². The van der Waals surface area contributed by atoms with Gasteiger partial charge in [-0.25, -0.2) is 0 Å². The molecule has 0 saturated heterocycles. The molecular weight excluding hydrogens is 457 g/mol. The van der Waals surface area contributed by atoms with Crippen molar-refractivity contribution >= 4 is 40.5 Å². The normalized spacial score (nSPS) is 10.6. The van der Waals surface area contributed by atoms with Gasteiger partial charge < -0.3 is 10.1 Å². The van der Waals surface area contributed by atoms with E-state index in [1.165, 1.54) is 30.5 Å². The average Bonchev–Trinajstić information content (AvgIpc) is 3.27. The number of nitro benzene ring substituents is 1. The second-order valence-corrected chi connectivity index (χ2v) is 7.33. The molecule has 0 unspecified atom stereocenters. The van der Waals surface area contributed by atoms with Crippen LogP contribution < -0.4 is 10.1 Å². The minimum atomic E-state index is -0.579. The van der Waals surface area contributed by atoms with E-state index in [-0.39, 0.29) is 22.8 Å². The third-order valence-corrected chi connectivity index (χ3v) is 5.01. The first-order chi connectivity index (χ1) is 15.4. The first-order valence-electron chi connectivity index (χ1n) is 9.08. The molecule has 2 aromatic heterocycles. The van der Waals surface area contributed by atoms with Crippen LogP contribution in [-0.2, 0) is 0 Å². The SMILES string of the molecule is O=C(Nc1cc(Oc2cccnc2)cc([N+](=O)[O-])c1)c1cc(-c2ccc(Cl)c(Cl)c2)n[nH]1. The molecule has 4 aromatic rings. The number of hydrogen-bond acceptors (Lipinski definition) is 6. The fourth-order valence-electron chi connectivity index (χ4n) is 2.80. The Labute approximate surface area is 191 Å². The largest absolute Gasteiger partial charge is 0.455 e. The molecule has 0 radical (unpaired) electrons. The number of nitrogens with zero attached hydrogens (tertiary/aromatic N) is 3. The topological polar surface area (TPSA) is 123 Å². The van der Waals surface area contributed by atoms with Gasteiger partial charge >= 0.3 is 0 Å². The van der Waals surface area contributed by atoms with Crippen LogP contribution in [-0.4, -0.2) is 26.0 Å². The summed E-state index contributed by atoms with van der Waals surface area (Å²) in [5.41, 5.74) is 1.22. The standard InChI is InChI=1S/C21H13Cl2N5O4/c22-17-4-3-12(6-18(17)23)19-10-20(27-26-19)21(29)25-13-7-14(28(30)31)9-16(8-13)32-15-2-1-5-24-11-15/h1-11H,(H,25,29)(H,26,27). The van der Waals surface area contributed by atoms with Crippen molar-refractivity contribution in [2.45, 2.75) is 0 Å². The molecule has 0 atom stereocenters. The molecule has 2 aromatic carbocycles. The summed E-state index contributed by atoms with van der Waals surface area (Å²) in [5.74, 6) is 0.0188. The van der Waals surface area contributed by atoms with Gasteiger partial charge in [-0.15, -0.1) is 0 Å². The van der Waals surface area contributed by atoms with Crippen LogP contribution >= 0.6 is 23.2 Å². The van der Waals surface area contributed by atoms with Crippen molar-refractivity contribution in [3.8, 4) is 22.8 Å². The lowest BCUT2D eigenvalue weighted by molar-refractivity contribution is -0.384. The van der Waals surface area contributed by atoms with Crippen LogP contribution in [0.1, 0.15) is 10.5 Å². The number of aromatic nitrogens is 3. The van der Waals surface area contributed by atoms with Gasteiger partial charge in [-0.2, -0.15) is 5.10 Å². The highest BCUT2D eigenvalue weighted by Crippen LogP contribution is 2.30. The molecule has 2 N–H and O–H groups in total. The zero-order chi connectivity index (χ0) is 22.7. The Morgan fingerprint density at radius 2 is 1.91 bits per heavy atom.